The molecule has 4 heterocycles. The standard InChI is InChI=1S/C20H24F2N6O3/c1-11-9-27-16(15(8-24-27)28-12(2)20(3,4)31-19(28)30)10-26(11)18(29)25-13-5-6-23-14(7-13)17(21)22/h5-8,11-12,17H,9-10H2,1-4H3,(H,23,25,29)/t11-,12-/m0/s1. The van der Waals surface area contributed by atoms with Gasteiger partial charge in [-0.25, -0.2) is 18.4 Å². The van der Waals surface area contributed by atoms with Crippen LogP contribution < -0.4 is 10.2 Å². The molecule has 0 unspecified atom stereocenters. The first-order valence-corrected chi connectivity index (χ1v) is 9.97. The largest absolute Gasteiger partial charge is 0.441 e. The number of ether oxygens (including phenoxy) is 1. The summed E-state index contributed by atoms with van der Waals surface area (Å²) < 4.78 is 33.1. The number of rotatable bonds is 3. The number of carbonyl (C=O) groups is 2. The molecule has 2 aliphatic heterocycles. The molecule has 0 bridgehead atoms. The Labute approximate surface area is 178 Å². The Bertz CT molecular complexity index is 1020. The minimum Gasteiger partial charge on any atom is -0.441 e. The summed E-state index contributed by atoms with van der Waals surface area (Å²) in [5, 5.41) is 7.05. The third kappa shape index (κ3) is 3.68. The van der Waals surface area contributed by atoms with Gasteiger partial charge in [-0.15, -0.1) is 0 Å². The summed E-state index contributed by atoms with van der Waals surface area (Å²) in [4.78, 5) is 32.2. The first kappa shape index (κ1) is 21.0. The van der Waals surface area contributed by atoms with Crippen LogP contribution in [0.1, 0.15) is 45.5 Å². The summed E-state index contributed by atoms with van der Waals surface area (Å²) in [6.45, 7) is 8.09. The first-order valence-electron chi connectivity index (χ1n) is 9.97. The van der Waals surface area contributed by atoms with Gasteiger partial charge in [0, 0.05) is 11.9 Å². The van der Waals surface area contributed by atoms with Crippen molar-refractivity contribution in [2.75, 3.05) is 10.2 Å². The number of amides is 3. The third-order valence-electron chi connectivity index (χ3n) is 5.93. The number of pyridine rings is 1. The van der Waals surface area contributed by atoms with E-state index in [4.69, 9.17) is 4.74 Å². The maximum atomic E-state index is 12.9. The van der Waals surface area contributed by atoms with E-state index in [9.17, 15) is 18.4 Å². The number of alkyl halides is 2. The van der Waals surface area contributed by atoms with Gasteiger partial charge in [0.2, 0.25) is 0 Å². The van der Waals surface area contributed by atoms with Gasteiger partial charge in [0.05, 0.1) is 42.8 Å². The predicted octanol–water partition coefficient (Wildman–Crippen LogP) is 3.78. The number of nitrogens with one attached hydrogen (secondary N) is 1. The summed E-state index contributed by atoms with van der Waals surface area (Å²) in [5.74, 6) is 0. The average molecular weight is 434 g/mol. The molecule has 0 aromatic carbocycles. The predicted molar refractivity (Wildman–Crippen MR) is 108 cm³/mol. The van der Waals surface area contributed by atoms with Crippen molar-refractivity contribution in [2.24, 2.45) is 0 Å². The molecule has 1 fully saturated rings. The molecule has 1 saturated heterocycles. The van der Waals surface area contributed by atoms with E-state index in [2.05, 4.69) is 15.4 Å². The number of anilines is 2. The van der Waals surface area contributed by atoms with Gasteiger partial charge in [-0.05, 0) is 39.8 Å². The molecule has 0 saturated carbocycles. The van der Waals surface area contributed by atoms with E-state index in [-0.39, 0.29) is 24.3 Å². The van der Waals surface area contributed by atoms with Gasteiger partial charge in [-0.1, -0.05) is 0 Å². The summed E-state index contributed by atoms with van der Waals surface area (Å²) in [5.41, 5.74) is 0.470. The van der Waals surface area contributed by atoms with Gasteiger partial charge >= 0.3 is 12.1 Å². The van der Waals surface area contributed by atoms with Gasteiger partial charge in [-0.3, -0.25) is 14.6 Å². The van der Waals surface area contributed by atoms with Crippen LogP contribution in [0.2, 0.25) is 0 Å². The maximum absolute atomic E-state index is 12.9. The summed E-state index contributed by atoms with van der Waals surface area (Å²) in [7, 11) is 0. The molecule has 31 heavy (non-hydrogen) atoms. The quantitative estimate of drug-likeness (QED) is 0.794. The van der Waals surface area contributed by atoms with Crippen molar-refractivity contribution in [3.05, 3.63) is 35.9 Å². The highest BCUT2D eigenvalue weighted by molar-refractivity contribution is 5.92. The SMILES string of the molecule is C[C@@H]1N(c2cnn3c2CN(C(=O)Nc2ccnc(C(F)F)c2)[C@@H](C)C3)C(=O)OC1(C)C. The van der Waals surface area contributed by atoms with Gasteiger partial charge in [0.15, 0.2) is 0 Å². The number of urea groups is 1. The number of carbonyl (C=O) groups excluding carboxylic acids is 2. The van der Waals surface area contributed by atoms with Crippen molar-refractivity contribution in [1.29, 1.82) is 0 Å². The Morgan fingerprint density at radius 2 is 2.10 bits per heavy atom. The third-order valence-corrected chi connectivity index (χ3v) is 5.93. The van der Waals surface area contributed by atoms with Crippen molar-refractivity contribution in [3.8, 4) is 0 Å². The zero-order chi connectivity index (χ0) is 22.5. The number of hydrogen-bond donors (Lipinski definition) is 1. The van der Waals surface area contributed by atoms with E-state index >= 15 is 0 Å². The van der Waals surface area contributed by atoms with Crippen LogP contribution in [-0.4, -0.2) is 49.5 Å². The lowest BCUT2D eigenvalue weighted by molar-refractivity contribution is 0.0718. The monoisotopic (exact) mass is 434 g/mol. The van der Waals surface area contributed by atoms with E-state index in [0.717, 1.165) is 6.07 Å². The Balaban J connectivity index is 1.57. The van der Waals surface area contributed by atoms with Crippen LogP contribution in [0.4, 0.5) is 29.7 Å². The summed E-state index contributed by atoms with van der Waals surface area (Å²) >= 11 is 0. The van der Waals surface area contributed by atoms with Crippen molar-refractivity contribution in [1.82, 2.24) is 19.7 Å². The second-order valence-electron chi connectivity index (χ2n) is 8.35. The van der Waals surface area contributed by atoms with Gasteiger partial charge in [0.25, 0.3) is 6.43 Å². The molecule has 0 aliphatic carbocycles. The molecule has 11 heteroatoms. The maximum Gasteiger partial charge on any atom is 0.415 e. The number of fused-ring (bicyclic) bond motifs is 1. The van der Waals surface area contributed by atoms with E-state index < -0.39 is 29.8 Å². The molecule has 4 rings (SSSR count). The molecule has 166 valence electrons. The number of halogens is 2. The van der Waals surface area contributed by atoms with E-state index in [1.54, 1.807) is 20.7 Å². The molecule has 0 radical (unpaired) electrons. The van der Waals surface area contributed by atoms with Crippen molar-refractivity contribution >= 4 is 23.5 Å². The van der Waals surface area contributed by atoms with Crippen LogP contribution in [0.5, 0.6) is 0 Å². The van der Waals surface area contributed by atoms with Crippen LogP contribution >= 0.6 is 0 Å². The molecule has 1 N–H and O–H groups in total. The van der Waals surface area contributed by atoms with Crippen LogP contribution in [0, 0.1) is 0 Å². The Kier molecular flexibility index (Phi) is 5.06. The molecule has 0 spiro atoms. The molecular formula is C20H24F2N6O3. The van der Waals surface area contributed by atoms with Crippen LogP contribution in [0.15, 0.2) is 24.5 Å². The van der Waals surface area contributed by atoms with E-state index in [0.29, 0.717) is 17.9 Å². The minimum absolute atomic E-state index is 0.198. The molecule has 3 amide bonds. The lowest BCUT2D eigenvalue weighted by atomic mass is 10.0. The smallest absolute Gasteiger partial charge is 0.415 e. The lowest BCUT2D eigenvalue weighted by Crippen LogP contribution is -2.47. The Morgan fingerprint density at radius 1 is 1.35 bits per heavy atom. The Morgan fingerprint density at radius 3 is 2.74 bits per heavy atom. The summed E-state index contributed by atoms with van der Waals surface area (Å²) in [6, 6.07) is 1.75. The fourth-order valence-corrected chi connectivity index (χ4v) is 3.84. The molecule has 2 aromatic heterocycles. The fraction of sp³-hybridized carbons (Fsp3) is 0.500. The first-order chi connectivity index (χ1) is 14.6. The summed E-state index contributed by atoms with van der Waals surface area (Å²) in [6.07, 6.45) is -0.347. The lowest BCUT2D eigenvalue weighted by Gasteiger charge is -2.35. The second-order valence-corrected chi connectivity index (χ2v) is 8.35. The van der Waals surface area contributed by atoms with Crippen LogP contribution in [0.25, 0.3) is 0 Å². The topological polar surface area (TPSA) is 92.6 Å². The van der Waals surface area contributed by atoms with Crippen LogP contribution in [-0.2, 0) is 17.8 Å². The Hall–Kier alpha value is -3.24. The average Bonchev–Trinajstić information content (AvgIpc) is 3.17. The molecule has 2 aliphatic rings. The minimum atomic E-state index is -2.73. The molecule has 2 aromatic rings. The van der Waals surface area contributed by atoms with E-state index in [1.807, 2.05) is 27.7 Å². The zero-order valence-corrected chi connectivity index (χ0v) is 17.7. The molecule has 9 nitrogen and oxygen atoms in total. The zero-order valence-electron chi connectivity index (χ0n) is 17.7. The van der Waals surface area contributed by atoms with Crippen LogP contribution in [0.3, 0.4) is 0 Å². The highest BCUT2D eigenvalue weighted by Crippen LogP contribution is 2.37. The normalized spacial score (nSPS) is 22.5. The number of hydrogen-bond acceptors (Lipinski definition) is 5. The molecular weight excluding hydrogens is 410 g/mol. The fourth-order valence-electron chi connectivity index (χ4n) is 3.84. The second kappa shape index (κ2) is 7.47. The van der Waals surface area contributed by atoms with Gasteiger partial charge in [0.1, 0.15) is 11.3 Å². The number of cyclic esters (lactones) is 1. The highest BCUT2D eigenvalue weighted by atomic mass is 19.3. The van der Waals surface area contributed by atoms with Gasteiger partial charge in [-0.2, -0.15) is 5.10 Å². The van der Waals surface area contributed by atoms with E-state index in [1.165, 1.54) is 12.3 Å². The van der Waals surface area contributed by atoms with Crippen molar-refractivity contribution < 1.29 is 23.1 Å². The highest BCUT2D eigenvalue weighted by Gasteiger charge is 2.47. The van der Waals surface area contributed by atoms with Crippen molar-refractivity contribution in [3.63, 3.8) is 0 Å². The number of aromatic nitrogens is 3. The number of nitrogens with zero attached hydrogens (tertiary/aromatic N) is 5. The van der Waals surface area contributed by atoms with Gasteiger partial charge < -0.3 is 15.0 Å². The van der Waals surface area contributed by atoms with Crippen molar-refractivity contribution in [2.45, 2.75) is 64.9 Å². The molecule has 2 atom stereocenters.